The van der Waals surface area contributed by atoms with Gasteiger partial charge < -0.3 is 0 Å². The molecule has 0 bridgehead atoms. The number of benzene rings is 2. The Morgan fingerprint density at radius 3 is 1.64 bits per heavy atom. The van der Waals surface area contributed by atoms with Crippen LogP contribution in [0.1, 0.15) is 115 Å². The summed E-state index contributed by atoms with van der Waals surface area (Å²) >= 11 is 0. The van der Waals surface area contributed by atoms with Crippen LogP contribution in [0.15, 0.2) is 60.2 Å². The lowest BCUT2D eigenvalue weighted by Crippen LogP contribution is -2.31. The molecule has 0 heteroatoms. The van der Waals surface area contributed by atoms with Crippen molar-refractivity contribution in [3.05, 3.63) is 82.5 Å². The maximum Gasteiger partial charge on any atom is 0.0196 e. The van der Waals surface area contributed by atoms with E-state index in [4.69, 9.17) is 0 Å². The Labute approximate surface area is 202 Å². The van der Waals surface area contributed by atoms with Crippen LogP contribution in [0.5, 0.6) is 0 Å². The maximum atomic E-state index is 2.59. The lowest BCUT2D eigenvalue weighted by molar-refractivity contribution is 0.265. The summed E-state index contributed by atoms with van der Waals surface area (Å²) in [6.45, 7) is 14.1. The minimum Gasteiger partial charge on any atom is -0.0804 e. The van der Waals surface area contributed by atoms with Crippen LogP contribution in [0.25, 0.3) is 11.1 Å². The molecule has 1 fully saturated rings. The van der Waals surface area contributed by atoms with Crippen LogP contribution in [0.2, 0.25) is 0 Å². The fraction of sp³-hybridized carbons (Fsp3) is 0.515. The summed E-state index contributed by atoms with van der Waals surface area (Å²) in [4.78, 5) is 0. The third-order valence-corrected chi connectivity index (χ3v) is 8.71. The Balaban J connectivity index is 1.78. The molecule has 0 aliphatic heterocycles. The summed E-state index contributed by atoms with van der Waals surface area (Å²) in [5.74, 6) is 0.469. The van der Waals surface area contributed by atoms with Gasteiger partial charge in [-0.25, -0.2) is 0 Å². The van der Waals surface area contributed by atoms with E-state index in [-0.39, 0.29) is 16.2 Å². The molecule has 2 aromatic rings. The smallest absolute Gasteiger partial charge is 0.0196 e. The molecule has 2 aromatic carbocycles. The molecule has 0 saturated heterocycles. The van der Waals surface area contributed by atoms with E-state index in [1.807, 2.05) is 0 Å². The van der Waals surface area contributed by atoms with Crippen LogP contribution >= 0.6 is 0 Å². The van der Waals surface area contributed by atoms with Gasteiger partial charge in [0.25, 0.3) is 0 Å². The fourth-order valence-electron chi connectivity index (χ4n) is 6.76. The van der Waals surface area contributed by atoms with Gasteiger partial charge >= 0.3 is 0 Å². The molecule has 33 heavy (non-hydrogen) atoms. The summed E-state index contributed by atoms with van der Waals surface area (Å²) < 4.78 is 0. The normalized spacial score (nSPS) is 20.4. The number of hydrogen-bond acceptors (Lipinski definition) is 0. The minimum absolute atomic E-state index is 0.162. The first-order chi connectivity index (χ1) is 15.6. The van der Waals surface area contributed by atoms with Crippen LogP contribution in [-0.2, 0) is 10.8 Å². The van der Waals surface area contributed by atoms with E-state index in [0.717, 1.165) is 6.42 Å². The highest BCUT2D eigenvalue weighted by atomic mass is 14.5. The number of rotatable bonds is 2. The number of allylic oxidation sites excluding steroid dienone is 4. The second-order valence-electron chi connectivity index (χ2n) is 12.9. The molecule has 0 heterocycles. The highest BCUT2D eigenvalue weighted by molar-refractivity contribution is 5.81. The molecule has 3 aliphatic rings. The molecule has 0 atom stereocenters. The second-order valence-corrected chi connectivity index (χ2v) is 12.9. The summed E-state index contributed by atoms with van der Waals surface area (Å²) in [5.41, 5.74) is 11.4. The standard InChI is InChI=1S/C33H42/c1-31(2,3)24-15-17-26-27-18-16-25(32(4,5)6)22-29(27)30(28(26)21-24)33(23-13-9-10-14-23)19-11-7-8-12-20-33/h9-10,13,15-18,21-22,30H,7-8,11-12,14,19-20H2,1-6H3. The zero-order chi connectivity index (χ0) is 23.4. The first kappa shape index (κ1) is 22.7. The monoisotopic (exact) mass is 438 g/mol. The van der Waals surface area contributed by atoms with Crippen molar-refractivity contribution in [3.63, 3.8) is 0 Å². The molecule has 0 aromatic heterocycles. The average molecular weight is 439 g/mol. The van der Waals surface area contributed by atoms with Crippen molar-refractivity contribution in [2.75, 3.05) is 0 Å². The van der Waals surface area contributed by atoms with Gasteiger partial charge in [0.15, 0.2) is 0 Å². The van der Waals surface area contributed by atoms with E-state index in [0.29, 0.717) is 5.92 Å². The van der Waals surface area contributed by atoms with Gasteiger partial charge in [0.2, 0.25) is 0 Å². The van der Waals surface area contributed by atoms with Crippen molar-refractivity contribution < 1.29 is 0 Å². The van der Waals surface area contributed by atoms with Crippen LogP contribution < -0.4 is 0 Å². The van der Waals surface area contributed by atoms with E-state index >= 15 is 0 Å². The predicted molar refractivity (Wildman–Crippen MR) is 143 cm³/mol. The highest BCUT2D eigenvalue weighted by Gasteiger charge is 2.47. The van der Waals surface area contributed by atoms with Gasteiger partial charge in [-0.15, -0.1) is 0 Å². The van der Waals surface area contributed by atoms with E-state index in [9.17, 15) is 0 Å². The lowest BCUT2D eigenvalue weighted by atomic mass is 9.61. The van der Waals surface area contributed by atoms with Gasteiger partial charge in [-0.3, -0.25) is 0 Å². The van der Waals surface area contributed by atoms with E-state index < -0.39 is 0 Å². The summed E-state index contributed by atoms with van der Waals surface area (Å²) in [7, 11) is 0. The number of hydrogen-bond donors (Lipinski definition) is 0. The van der Waals surface area contributed by atoms with Gasteiger partial charge in [0, 0.05) is 11.3 Å². The molecular formula is C33H42. The quantitative estimate of drug-likeness (QED) is 0.409. The minimum atomic E-state index is 0.162. The molecule has 0 radical (unpaired) electrons. The Bertz CT molecular complexity index is 1040. The zero-order valence-electron chi connectivity index (χ0n) is 21.7. The predicted octanol–water partition coefficient (Wildman–Crippen LogP) is 9.62. The average Bonchev–Trinajstić information content (AvgIpc) is 3.33. The molecule has 1 saturated carbocycles. The Morgan fingerprint density at radius 2 is 1.21 bits per heavy atom. The molecule has 3 aliphatic carbocycles. The first-order valence-electron chi connectivity index (χ1n) is 13.3. The number of fused-ring (bicyclic) bond motifs is 3. The van der Waals surface area contributed by atoms with Gasteiger partial charge in [0.05, 0.1) is 0 Å². The van der Waals surface area contributed by atoms with Crippen molar-refractivity contribution in [2.24, 2.45) is 5.41 Å². The van der Waals surface area contributed by atoms with Gasteiger partial charge in [0.1, 0.15) is 0 Å². The van der Waals surface area contributed by atoms with Crippen molar-refractivity contribution in [3.8, 4) is 11.1 Å². The van der Waals surface area contributed by atoms with Crippen LogP contribution in [-0.4, -0.2) is 0 Å². The Kier molecular flexibility index (Phi) is 5.50. The lowest BCUT2D eigenvalue weighted by Gasteiger charge is -2.42. The summed E-state index contributed by atoms with van der Waals surface area (Å²) in [5, 5.41) is 0. The van der Waals surface area contributed by atoms with Crippen molar-refractivity contribution in [2.45, 2.75) is 103 Å². The maximum absolute atomic E-state index is 2.59. The third-order valence-electron chi connectivity index (χ3n) is 8.71. The molecule has 0 spiro atoms. The van der Waals surface area contributed by atoms with E-state index in [1.165, 1.54) is 60.8 Å². The second kappa shape index (κ2) is 8.00. The molecule has 174 valence electrons. The largest absolute Gasteiger partial charge is 0.0804 e. The van der Waals surface area contributed by atoms with Gasteiger partial charge in [-0.2, -0.15) is 0 Å². The van der Waals surface area contributed by atoms with Crippen molar-refractivity contribution in [1.82, 2.24) is 0 Å². The van der Waals surface area contributed by atoms with Crippen LogP contribution in [0.4, 0.5) is 0 Å². The van der Waals surface area contributed by atoms with Crippen molar-refractivity contribution >= 4 is 0 Å². The van der Waals surface area contributed by atoms with E-state index in [1.54, 1.807) is 16.7 Å². The van der Waals surface area contributed by atoms with Gasteiger partial charge in [-0.05, 0) is 63.5 Å². The summed E-state index contributed by atoms with van der Waals surface area (Å²) in [6.07, 6.45) is 16.5. The summed E-state index contributed by atoms with van der Waals surface area (Å²) in [6, 6.07) is 14.8. The Morgan fingerprint density at radius 1 is 0.697 bits per heavy atom. The van der Waals surface area contributed by atoms with Crippen LogP contribution in [0, 0.1) is 5.41 Å². The zero-order valence-corrected chi connectivity index (χ0v) is 21.7. The van der Waals surface area contributed by atoms with Crippen molar-refractivity contribution in [1.29, 1.82) is 0 Å². The molecule has 0 nitrogen and oxygen atoms in total. The highest BCUT2D eigenvalue weighted by Crippen LogP contribution is 2.61. The fourth-order valence-corrected chi connectivity index (χ4v) is 6.76. The van der Waals surface area contributed by atoms with Gasteiger partial charge in [-0.1, -0.05) is 127 Å². The molecule has 0 unspecified atom stereocenters. The third kappa shape index (κ3) is 3.84. The molecule has 5 rings (SSSR count). The topological polar surface area (TPSA) is 0 Å². The molecular weight excluding hydrogens is 396 g/mol. The van der Waals surface area contributed by atoms with Crippen LogP contribution in [0.3, 0.4) is 0 Å². The first-order valence-corrected chi connectivity index (χ1v) is 13.3. The SMILES string of the molecule is CC(C)(C)c1ccc2c(c1)C(C1(C3=CC=CC3)CCCCCC1)c1cc(C(C)(C)C)ccc1-2. The Hall–Kier alpha value is -2.08. The molecule has 0 N–H and O–H groups in total. The van der Waals surface area contributed by atoms with E-state index in [2.05, 4.69) is 96.2 Å². The molecule has 0 amide bonds.